The largest absolute Gasteiger partial charge is 0.492 e. The van der Waals surface area contributed by atoms with E-state index in [0.717, 1.165) is 36.2 Å². The van der Waals surface area contributed by atoms with E-state index in [1.165, 1.54) is 5.56 Å². The van der Waals surface area contributed by atoms with Gasteiger partial charge in [-0.3, -0.25) is 9.78 Å². The van der Waals surface area contributed by atoms with E-state index in [-0.39, 0.29) is 12.0 Å². The lowest BCUT2D eigenvalue weighted by Gasteiger charge is -2.26. The summed E-state index contributed by atoms with van der Waals surface area (Å²) >= 11 is 0. The number of rotatable bonds is 7. The Labute approximate surface area is 212 Å². The maximum Gasteiger partial charge on any atom is 0.410 e. The molecule has 0 atom stereocenters. The molecule has 4 rings (SSSR count). The van der Waals surface area contributed by atoms with Crippen LogP contribution < -0.4 is 10.1 Å². The molecular formula is C28H34N4O4. The lowest BCUT2D eigenvalue weighted by Crippen LogP contribution is -2.38. The van der Waals surface area contributed by atoms with E-state index in [0.29, 0.717) is 36.7 Å². The molecule has 2 amide bonds. The average molecular weight is 491 g/mol. The molecule has 0 spiro atoms. The van der Waals surface area contributed by atoms with Crippen LogP contribution in [0.5, 0.6) is 5.75 Å². The van der Waals surface area contributed by atoms with Crippen molar-refractivity contribution in [3.05, 3.63) is 65.6 Å². The van der Waals surface area contributed by atoms with E-state index in [4.69, 9.17) is 9.47 Å². The molecule has 1 aliphatic rings. The zero-order valence-electron chi connectivity index (χ0n) is 21.4. The fourth-order valence-electron chi connectivity index (χ4n) is 4.25. The number of H-pyrrole nitrogens is 1. The van der Waals surface area contributed by atoms with Crippen molar-refractivity contribution in [1.82, 2.24) is 14.9 Å². The van der Waals surface area contributed by atoms with Crippen molar-refractivity contribution >= 4 is 17.7 Å². The highest BCUT2D eigenvalue weighted by Crippen LogP contribution is 2.33. The van der Waals surface area contributed by atoms with Gasteiger partial charge in [0.15, 0.2) is 0 Å². The Morgan fingerprint density at radius 1 is 1.14 bits per heavy atom. The Balaban J connectivity index is 1.36. The topological polar surface area (TPSA) is 96.5 Å². The van der Waals surface area contributed by atoms with Crippen molar-refractivity contribution in [2.24, 2.45) is 0 Å². The van der Waals surface area contributed by atoms with E-state index in [2.05, 4.69) is 21.4 Å². The van der Waals surface area contributed by atoms with E-state index in [1.807, 2.05) is 33.8 Å². The van der Waals surface area contributed by atoms with Crippen molar-refractivity contribution in [2.75, 3.05) is 25.0 Å². The van der Waals surface area contributed by atoms with Crippen LogP contribution in [-0.4, -0.2) is 52.2 Å². The quantitative estimate of drug-likeness (QED) is 0.459. The fraction of sp³-hybridized carbons (Fsp3) is 0.393. The van der Waals surface area contributed by atoms with Crippen LogP contribution in [0, 0.1) is 0 Å². The molecule has 0 unspecified atom stereocenters. The van der Waals surface area contributed by atoms with Crippen LogP contribution in [0.25, 0.3) is 11.3 Å². The summed E-state index contributed by atoms with van der Waals surface area (Å²) in [6.45, 7) is 8.72. The number of carbonyl (C=O) groups is 2. The molecule has 2 N–H and O–H groups in total. The number of nitrogens with one attached hydrogen (secondary N) is 2. The van der Waals surface area contributed by atoms with Gasteiger partial charge >= 0.3 is 6.09 Å². The average Bonchev–Trinajstić information content (AvgIpc) is 3.17. The Bertz CT molecular complexity index is 1210. The van der Waals surface area contributed by atoms with Crippen LogP contribution in [0.1, 0.15) is 55.7 Å². The number of aromatic amines is 1. The number of amides is 2. The summed E-state index contributed by atoms with van der Waals surface area (Å²) in [4.78, 5) is 34.9. The second-order valence-corrected chi connectivity index (χ2v) is 9.81. The molecule has 2 heterocycles. The van der Waals surface area contributed by atoms with Gasteiger partial charge in [0.05, 0.1) is 17.8 Å². The van der Waals surface area contributed by atoms with Crippen molar-refractivity contribution in [3.8, 4) is 17.0 Å². The number of ether oxygens (including phenoxy) is 2. The summed E-state index contributed by atoms with van der Waals surface area (Å²) < 4.78 is 11.2. The number of likely N-dealkylation sites (N-methyl/N-ethyl adjacent to an activating group) is 1. The van der Waals surface area contributed by atoms with E-state index in [1.54, 1.807) is 41.6 Å². The van der Waals surface area contributed by atoms with Gasteiger partial charge in [-0.2, -0.15) is 0 Å². The number of anilines is 1. The first-order valence-electron chi connectivity index (χ1n) is 12.4. The first-order valence-corrected chi connectivity index (χ1v) is 12.4. The number of benzene rings is 1. The first-order chi connectivity index (χ1) is 17.2. The van der Waals surface area contributed by atoms with Gasteiger partial charge < -0.3 is 24.7 Å². The predicted molar refractivity (Wildman–Crippen MR) is 139 cm³/mol. The summed E-state index contributed by atoms with van der Waals surface area (Å²) in [7, 11) is 0. The van der Waals surface area contributed by atoms with E-state index in [9.17, 15) is 9.59 Å². The summed E-state index contributed by atoms with van der Waals surface area (Å²) in [5.41, 5.74) is 4.71. The molecule has 1 aromatic carbocycles. The molecule has 36 heavy (non-hydrogen) atoms. The molecule has 1 aliphatic carbocycles. The minimum absolute atomic E-state index is 0.185. The lowest BCUT2D eigenvalue weighted by molar-refractivity contribution is 0.0237. The third-order valence-corrected chi connectivity index (χ3v) is 5.98. The van der Waals surface area contributed by atoms with Gasteiger partial charge in [-0.25, -0.2) is 4.79 Å². The summed E-state index contributed by atoms with van der Waals surface area (Å²) in [6, 6.07) is 11.2. The predicted octanol–water partition coefficient (Wildman–Crippen LogP) is 5.45. The zero-order chi connectivity index (χ0) is 25.7. The second-order valence-electron chi connectivity index (χ2n) is 9.81. The molecule has 0 fully saturated rings. The maximum atomic E-state index is 13.2. The third-order valence-electron chi connectivity index (χ3n) is 5.98. The summed E-state index contributed by atoms with van der Waals surface area (Å²) in [6.07, 6.45) is 6.03. The highest BCUT2D eigenvalue weighted by Gasteiger charge is 2.24. The van der Waals surface area contributed by atoms with Crippen molar-refractivity contribution in [2.45, 2.75) is 52.6 Å². The lowest BCUT2D eigenvalue weighted by atomic mass is 10.0. The summed E-state index contributed by atoms with van der Waals surface area (Å²) in [5, 5.41) is 2.98. The number of hydrogen-bond acceptors (Lipinski definition) is 5. The first kappa shape index (κ1) is 25.3. The Morgan fingerprint density at radius 2 is 1.92 bits per heavy atom. The van der Waals surface area contributed by atoms with Gasteiger partial charge in [0.25, 0.3) is 5.91 Å². The molecule has 8 nitrogen and oxygen atoms in total. The second kappa shape index (κ2) is 10.8. The molecule has 0 saturated carbocycles. The Hall–Kier alpha value is -3.81. The molecule has 190 valence electrons. The van der Waals surface area contributed by atoms with Crippen LogP contribution in [0.15, 0.2) is 48.8 Å². The molecule has 3 aromatic rings. The molecule has 0 bridgehead atoms. The van der Waals surface area contributed by atoms with Gasteiger partial charge in [-0.15, -0.1) is 0 Å². The molecule has 0 radical (unpaired) electrons. The van der Waals surface area contributed by atoms with Crippen LogP contribution in [0.3, 0.4) is 0 Å². The van der Waals surface area contributed by atoms with Crippen LogP contribution in [-0.2, 0) is 17.6 Å². The number of nitrogens with zero attached hydrogens (tertiary/aromatic N) is 2. The fourth-order valence-corrected chi connectivity index (χ4v) is 4.25. The van der Waals surface area contributed by atoms with Gasteiger partial charge in [-0.05, 0) is 82.9 Å². The highest BCUT2D eigenvalue weighted by atomic mass is 16.6. The number of aryl methyl sites for hydroxylation is 2. The van der Waals surface area contributed by atoms with Crippen LogP contribution >= 0.6 is 0 Å². The minimum Gasteiger partial charge on any atom is -0.492 e. The standard InChI is InChI=1S/C28H34N4O4/c1-5-32(27(34)36-28(2,3)4)16-17-35-21-13-11-20(12-14-21)31-26(33)22-18-30-23-10-6-8-19-9-7-15-29-25(19)24(22)23/h7,9,11-15,18,30H,5-6,8,10,16-17H2,1-4H3,(H,31,33). The highest BCUT2D eigenvalue weighted by molar-refractivity contribution is 6.09. The van der Waals surface area contributed by atoms with Crippen molar-refractivity contribution < 1.29 is 19.1 Å². The van der Waals surface area contributed by atoms with Gasteiger partial charge in [-0.1, -0.05) is 6.07 Å². The Kier molecular flexibility index (Phi) is 7.62. The van der Waals surface area contributed by atoms with E-state index >= 15 is 0 Å². The number of aromatic nitrogens is 2. The number of pyridine rings is 1. The zero-order valence-corrected chi connectivity index (χ0v) is 21.4. The van der Waals surface area contributed by atoms with Gasteiger partial charge in [0.1, 0.15) is 18.0 Å². The SMILES string of the molecule is CCN(CCOc1ccc(NC(=O)c2c[nH]c3c2-c2ncccc2CCC3)cc1)C(=O)OC(C)(C)C. The van der Waals surface area contributed by atoms with Crippen LogP contribution in [0.2, 0.25) is 0 Å². The smallest absolute Gasteiger partial charge is 0.410 e. The molecular weight excluding hydrogens is 456 g/mol. The normalized spacial score (nSPS) is 12.7. The molecule has 0 saturated heterocycles. The summed E-state index contributed by atoms with van der Waals surface area (Å²) in [5.74, 6) is 0.470. The number of hydrogen-bond donors (Lipinski definition) is 2. The van der Waals surface area contributed by atoms with Crippen LogP contribution in [0.4, 0.5) is 10.5 Å². The third kappa shape index (κ3) is 6.05. The molecule has 2 aromatic heterocycles. The molecule has 0 aliphatic heterocycles. The Morgan fingerprint density at radius 3 is 2.64 bits per heavy atom. The molecule has 8 heteroatoms. The number of carbonyl (C=O) groups excluding carboxylic acids is 2. The minimum atomic E-state index is -0.537. The van der Waals surface area contributed by atoms with Gasteiger partial charge in [0.2, 0.25) is 0 Å². The number of fused-ring (bicyclic) bond motifs is 3. The van der Waals surface area contributed by atoms with E-state index < -0.39 is 5.60 Å². The van der Waals surface area contributed by atoms with Crippen molar-refractivity contribution in [3.63, 3.8) is 0 Å². The maximum absolute atomic E-state index is 13.2. The monoisotopic (exact) mass is 490 g/mol. The van der Waals surface area contributed by atoms with Gasteiger partial charge in [0, 0.05) is 35.9 Å². The van der Waals surface area contributed by atoms with Crippen molar-refractivity contribution in [1.29, 1.82) is 0 Å².